The zero-order chi connectivity index (χ0) is 42.5. The topological polar surface area (TPSA) is 178 Å². The van der Waals surface area contributed by atoms with E-state index in [4.69, 9.17) is 23.5 Å². The molecule has 1 heterocycles. The van der Waals surface area contributed by atoms with Crippen molar-refractivity contribution >= 4 is 16.4 Å². The van der Waals surface area contributed by atoms with E-state index < -0.39 is 59.8 Å². The van der Waals surface area contributed by atoms with Gasteiger partial charge in [-0.3, -0.25) is 9.35 Å². The number of rotatable bonds is 41. The van der Waals surface area contributed by atoms with Crippen molar-refractivity contribution in [3.8, 4) is 0 Å². The summed E-state index contributed by atoms with van der Waals surface area (Å²) in [5, 5.41) is 30.6. The molecule has 0 amide bonds. The molecule has 0 radical (unpaired) electrons. The van der Waals surface area contributed by atoms with Gasteiger partial charge in [0.05, 0.1) is 19.8 Å². The van der Waals surface area contributed by atoms with Gasteiger partial charge in [0.15, 0.2) is 6.29 Å². The molecule has 4 N–H and O–H groups in total. The second kappa shape index (κ2) is 37.6. The first-order valence-electron chi connectivity index (χ1n) is 23.4. The molecule has 1 rings (SSSR count). The number of carbonyl (C=O) groups excluding carboxylic acids is 1. The van der Waals surface area contributed by atoms with Crippen molar-refractivity contribution in [2.24, 2.45) is 0 Å². The van der Waals surface area contributed by atoms with Crippen molar-refractivity contribution in [1.29, 1.82) is 0 Å². The van der Waals surface area contributed by atoms with E-state index in [9.17, 15) is 28.5 Å². The number of allylic oxidation sites excluding steroid dienone is 2. The molecule has 6 unspecified atom stereocenters. The van der Waals surface area contributed by atoms with Gasteiger partial charge in [-0.05, 0) is 38.5 Å². The molecule has 0 spiro atoms. The summed E-state index contributed by atoms with van der Waals surface area (Å²) < 4.78 is 59.0. The lowest BCUT2D eigenvalue weighted by molar-refractivity contribution is -0.301. The van der Waals surface area contributed by atoms with Crippen molar-refractivity contribution < 1.29 is 56.2 Å². The van der Waals surface area contributed by atoms with Crippen molar-refractivity contribution in [3.63, 3.8) is 0 Å². The van der Waals surface area contributed by atoms with Crippen molar-refractivity contribution in [2.75, 3.05) is 26.4 Å². The normalized spacial score (nSPS) is 20.6. The average Bonchev–Trinajstić information content (AvgIpc) is 3.19. The first kappa shape index (κ1) is 54.9. The fourth-order valence-corrected chi connectivity index (χ4v) is 7.82. The number of hydrogen-bond donors (Lipinski definition) is 4. The third-order valence-electron chi connectivity index (χ3n) is 10.9. The highest BCUT2D eigenvalue weighted by atomic mass is 32.3. The van der Waals surface area contributed by atoms with Crippen LogP contribution in [0.3, 0.4) is 0 Å². The van der Waals surface area contributed by atoms with Crippen LogP contribution in [0.1, 0.15) is 206 Å². The zero-order valence-corrected chi connectivity index (χ0v) is 37.4. The summed E-state index contributed by atoms with van der Waals surface area (Å²) in [5.41, 5.74) is 0. The Morgan fingerprint density at radius 3 is 1.55 bits per heavy atom. The van der Waals surface area contributed by atoms with Gasteiger partial charge in [0.1, 0.15) is 30.5 Å². The smallest absolute Gasteiger partial charge is 0.397 e. The summed E-state index contributed by atoms with van der Waals surface area (Å²) in [6.45, 7) is 3.98. The van der Waals surface area contributed by atoms with Crippen LogP contribution < -0.4 is 0 Å². The van der Waals surface area contributed by atoms with E-state index in [-0.39, 0.29) is 19.6 Å². The number of ether oxygens (including phenoxy) is 4. The highest BCUT2D eigenvalue weighted by Crippen LogP contribution is 2.26. The predicted octanol–water partition coefficient (Wildman–Crippen LogP) is 9.86. The van der Waals surface area contributed by atoms with E-state index in [1.165, 1.54) is 141 Å². The predicted molar refractivity (Wildman–Crippen MR) is 230 cm³/mol. The molecule has 1 aliphatic rings. The van der Waals surface area contributed by atoms with Crippen molar-refractivity contribution in [3.05, 3.63) is 12.2 Å². The van der Waals surface area contributed by atoms with Crippen LogP contribution in [0.4, 0.5) is 0 Å². The molecule has 0 aromatic heterocycles. The Labute approximate surface area is 353 Å². The largest absolute Gasteiger partial charge is 0.457 e. The molecule has 0 aromatic carbocycles. The number of unbranched alkanes of at least 4 members (excludes halogenated alkanes) is 26. The highest BCUT2D eigenvalue weighted by molar-refractivity contribution is 7.80. The third kappa shape index (κ3) is 30.8. The van der Waals surface area contributed by atoms with Crippen LogP contribution in [0.5, 0.6) is 0 Å². The first-order valence-corrected chi connectivity index (χ1v) is 24.8. The Balaban J connectivity index is 2.31. The minimum absolute atomic E-state index is 0.0400. The maximum absolute atomic E-state index is 12.8. The molecule has 12 nitrogen and oxygen atoms in total. The molecule has 6 atom stereocenters. The van der Waals surface area contributed by atoms with Crippen LogP contribution in [0, 0.1) is 0 Å². The average molecular weight is 851 g/mol. The fraction of sp³-hybridized carbons (Fsp3) is 0.933. The Kier molecular flexibility index (Phi) is 35.6. The van der Waals surface area contributed by atoms with Crippen molar-refractivity contribution in [1.82, 2.24) is 0 Å². The standard InChI is InChI=1S/C45H86O12S/c1-3-5-7-9-11-13-14-15-16-17-18-19-20-21-22-23-24-25-27-29-31-33-35-53-37-39(55-41(47)34-32-30-28-26-12-10-8-6-4-2)38-54-45-43(49)44(57-58(50,51)52)42(48)40(36-46)56-45/h17-18,39-40,42-46,48-49H,3-16,19-38H2,1-2H3,(H,50,51,52)/b18-17-. The number of hydrogen-bond acceptors (Lipinski definition) is 11. The molecule has 0 aromatic rings. The second-order valence-corrected chi connectivity index (χ2v) is 17.4. The second-order valence-electron chi connectivity index (χ2n) is 16.4. The number of aliphatic hydroxyl groups is 3. The lowest BCUT2D eigenvalue weighted by atomic mass is 9.99. The molecule has 1 fully saturated rings. The fourth-order valence-electron chi connectivity index (χ4n) is 7.32. The van der Waals surface area contributed by atoms with Gasteiger partial charge in [-0.1, -0.05) is 174 Å². The van der Waals surface area contributed by atoms with E-state index in [1.54, 1.807) is 0 Å². The van der Waals surface area contributed by atoms with Gasteiger partial charge in [0.2, 0.25) is 0 Å². The van der Waals surface area contributed by atoms with Gasteiger partial charge in [0, 0.05) is 13.0 Å². The lowest BCUT2D eigenvalue weighted by Crippen LogP contribution is -2.60. The molecular formula is C45H86O12S. The monoisotopic (exact) mass is 851 g/mol. The van der Waals surface area contributed by atoms with Crippen LogP contribution in [0.25, 0.3) is 0 Å². The molecule has 0 saturated carbocycles. The third-order valence-corrected chi connectivity index (χ3v) is 11.4. The molecule has 344 valence electrons. The summed E-state index contributed by atoms with van der Waals surface area (Å²) in [4.78, 5) is 12.8. The van der Waals surface area contributed by atoms with Gasteiger partial charge in [-0.2, -0.15) is 8.42 Å². The number of carbonyl (C=O) groups is 1. The van der Waals surface area contributed by atoms with E-state index >= 15 is 0 Å². The minimum Gasteiger partial charge on any atom is -0.457 e. The summed E-state index contributed by atoms with van der Waals surface area (Å²) in [5.74, 6) is -0.400. The molecule has 0 aliphatic carbocycles. The minimum atomic E-state index is -5.06. The Bertz CT molecular complexity index is 1070. The van der Waals surface area contributed by atoms with E-state index in [0.29, 0.717) is 13.0 Å². The summed E-state index contributed by atoms with van der Waals surface area (Å²) in [6.07, 6.45) is 31.2. The quantitative estimate of drug-likeness (QED) is 0.0198. The van der Waals surface area contributed by atoms with E-state index in [2.05, 4.69) is 30.2 Å². The summed E-state index contributed by atoms with van der Waals surface area (Å²) in [6, 6.07) is 0. The van der Waals surface area contributed by atoms with Gasteiger partial charge in [-0.25, -0.2) is 4.18 Å². The molecule has 58 heavy (non-hydrogen) atoms. The SMILES string of the molecule is CCCCCCCCCC/C=C\CCCCCCCCCCCCOCC(COC1OC(CO)C(O)C(OS(=O)(=O)O)C1O)OC(=O)CCCCCCCCCCC. The molecule has 1 saturated heterocycles. The maximum Gasteiger partial charge on any atom is 0.397 e. The molecule has 13 heteroatoms. The lowest BCUT2D eigenvalue weighted by Gasteiger charge is -2.41. The van der Waals surface area contributed by atoms with Gasteiger partial charge < -0.3 is 34.3 Å². The summed E-state index contributed by atoms with van der Waals surface area (Å²) in [7, 11) is -5.06. The van der Waals surface area contributed by atoms with E-state index in [0.717, 1.165) is 38.5 Å². The maximum atomic E-state index is 12.8. The van der Waals surface area contributed by atoms with E-state index in [1.807, 2.05) is 0 Å². The van der Waals surface area contributed by atoms with Gasteiger partial charge in [0.25, 0.3) is 0 Å². The van der Waals surface area contributed by atoms with Crippen molar-refractivity contribution in [2.45, 2.75) is 243 Å². The zero-order valence-electron chi connectivity index (χ0n) is 36.6. The molecule has 0 bridgehead atoms. The number of aliphatic hydroxyl groups excluding tert-OH is 3. The first-order chi connectivity index (χ1) is 28.1. The number of esters is 1. The highest BCUT2D eigenvalue weighted by Gasteiger charge is 2.48. The van der Waals surface area contributed by atoms with Crippen LogP contribution in [0.15, 0.2) is 12.2 Å². The van der Waals surface area contributed by atoms with Gasteiger partial charge in [-0.15, -0.1) is 0 Å². The Morgan fingerprint density at radius 2 is 1.09 bits per heavy atom. The van der Waals surface area contributed by atoms with Crippen LogP contribution in [-0.2, 0) is 38.3 Å². The van der Waals surface area contributed by atoms with Crippen LogP contribution in [0.2, 0.25) is 0 Å². The Hall–Kier alpha value is -1.16. The van der Waals surface area contributed by atoms with Gasteiger partial charge >= 0.3 is 16.4 Å². The molecular weight excluding hydrogens is 765 g/mol. The molecule has 1 aliphatic heterocycles. The Morgan fingerprint density at radius 1 is 0.638 bits per heavy atom. The summed E-state index contributed by atoms with van der Waals surface area (Å²) >= 11 is 0. The van der Waals surface area contributed by atoms with Crippen LogP contribution in [-0.4, -0.2) is 97.5 Å². The van der Waals surface area contributed by atoms with Crippen LogP contribution >= 0.6 is 0 Å².